The molecule has 0 saturated carbocycles. The highest BCUT2D eigenvalue weighted by Crippen LogP contribution is 2.19. The van der Waals surface area contributed by atoms with Crippen LogP contribution in [0, 0.1) is 0 Å². The van der Waals surface area contributed by atoms with Crippen LogP contribution in [0.3, 0.4) is 0 Å². The van der Waals surface area contributed by atoms with Crippen LogP contribution in [0.2, 0.25) is 0 Å². The number of nitrogens with two attached hydrogens (primary N) is 1. The maximum Gasteiger partial charge on any atom is 0.133 e. The number of nitrogens with zero attached hydrogens (tertiary/aromatic N) is 2. The minimum absolute atomic E-state index is 0.688. The van der Waals surface area contributed by atoms with E-state index >= 15 is 0 Å². The van der Waals surface area contributed by atoms with Crippen molar-refractivity contribution in [3.63, 3.8) is 0 Å². The maximum atomic E-state index is 6.06. The van der Waals surface area contributed by atoms with Gasteiger partial charge in [0, 0.05) is 24.8 Å². The van der Waals surface area contributed by atoms with Crippen LogP contribution in [-0.4, -0.2) is 19.9 Å². The summed E-state index contributed by atoms with van der Waals surface area (Å²) in [5, 5.41) is 0. The number of aromatic amines is 2. The van der Waals surface area contributed by atoms with Crippen molar-refractivity contribution in [3.05, 3.63) is 36.4 Å². The number of rotatable bonds is 2. The van der Waals surface area contributed by atoms with Crippen molar-refractivity contribution in [1.82, 2.24) is 19.9 Å². The molecule has 2 rings (SSSR count). The molecule has 0 fully saturated rings. The van der Waals surface area contributed by atoms with E-state index in [2.05, 4.69) is 19.9 Å². The van der Waals surface area contributed by atoms with E-state index in [0.717, 1.165) is 0 Å². The van der Waals surface area contributed by atoms with E-state index < -0.39 is 5.54 Å². The first-order valence-corrected chi connectivity index (χ1v) is 4.00. The van der Waals surface area contributed by atoms with Crippen LogP contribution in [-0.2, 0) is 5.54 Å². The Labute approximate surface area is 75.4 Å². The minimum Gasteiger partial charge on any atom is -0.347 e. The first kappa shape index (κ1) is 8.00. The van der Waals surface area contributed by atoms with Gasteiger partial charge in [-0.25, -0.2) is 9.97 Å². The van der Waals surface area contributed by atoms with Gasteiger partial charge in [-0.3, -0.25) is 0 Å². The van der Waals surface area contributed by atoms with Gasteiger partial charge in [0.05, 0.1) is 0 Å². The molecule has 5 nitrogen and oxygen atoms in total. The smallest absolute Gasteiger partial charge is 0.133 e. The lowest BCUT2D eigenvalue weighted by Gasteiger charge is -2.18. The summed E-state index contributed by atoms with van der Waals surface area (Å²) in [7, 11) is 0. The summed E-state index contributed by atoms with van der Waals surface area (Å²) in [6.45, 7) is 1.85. The fraction of sp³-hybridized carbons (Fsp3) is 0.250. The Hall–Kier alpha value is -1.62. The van der Waals surface area contributed by atoms with Gasteiger partial charge in [-0.15, -0.1) is 0 Å². The summed E-state index contributed by atoms with van der Waals surface area (Å²) in [6.07, 6.45) is 6.82. The van der Waals surface area contributed by atoms with Crippen LogP contribution >= 0.6 is 0 Å². The summed E-state index contributed by atoms with van der Waals surface area (Å²) in [4.78, 5) is 14.1. The normalized spacial score (nSPS) is 11.8. The van der Waals surface area contributed by atoms with Crippen LogP contribution in [0.25, 0.3) is 0 Å². The summed E-state index contributed by atoms with van der Waals surface area (Å²) in [5.41, 5.74) is 5.37. The van der Waals surface area contributed by atoms with Crippen LogP contribution < -0.4 is 5.73 Å². The summed E-state index contributed by atoms with van der Waals surface area (Å²) >= 11 is 0. The second-order valence-electron chi connectivity index (χ2n) is 3.08. The van der Waals surface area contributed by atoms with E-state index in [1.165, 1.54) is 0 Å². The molecule has 13 heavy (non-hydrogen) atoms. The van der Waals surface area contributed by atoms with Crippen molar-refractivity contribution in [2.24, 2.45) is 5.73 Å². The Kier molecular flexibility index (Phi) is 1.66. The zero-order chi connectivity index (χ0) is 9.31. The van der Waals surface area contributed by atoms with Gasteiger partial charge in [0.25, 0.3) is 0 Å². The van der Waals surface area contributed by atoms with Gasteiger partial charge in [-0.05, 0) is 6.92 Å². The zero-order valence-electron chi connectivity index (χ0n) is 7.28. The van der Waals surface area contributed by atoms with Crippen molar-refractivity contribution in [3.8, 4) is 0 Å². The predicted molar refractivity (Wildman–Crippen MR) is 47.8 cm³/mol. The summed E-state index contributed by atoms with van der Waals surface area (Å²) in [5.74, 6) is 1.39. The molecule has 0 spiro atoms. The molecule has 0 aliphatic heterocycles. The standard InChI is InChI=1S/C8H11N5/c1-8(9,6-10-2-3-11-6)7-12-4-5-13-7/h2-5H,9H2,1H3,(H,10,11)(H,12,13). The molecule has 0 aliphatic rings. The molecule has 0 unspecified atom stereocenters. The second-order valence-corrected chi connectivity index (χ2v) is 3.08. The molecule has 4 N–H and O–H groups in total. The molecule has 0 bridgehead atoms. The van der Waals surface area contributed by atoms with Gasteiger partial charge in [-0.2, -0.15) is 0 Å². The molecule has 2 heterocycles. The van der Waals surface area contributed by atoms with Gasteiger partial charge in [0.1, 0.15) is 17.2 Å². The molecule has 0 radical (unpaired) electrons. The summed E-state index contributed by atoms with van der Waals surface area (Å²) in [6, 6.07) is 0. The Morgan fingerprint density at radius 1 is 1.15 bits per heavy atom. The number of nitrogens with one attached hydrogen (secondary N) is 2. The average molecular weight is 177 g/mol. The van der Waals surface area contributed by atoms with Crippen LogP contribution in [0.1, 0.15) is 18.6 Å². The number of hydrogen-bond donors (Lipinski definition) is 3. The van der Waals surface area contributed by atoms with E-state index in [0.29, 0.717) is 11.6 Å². The van der Waals surface area contributed by atoms with Crippen LogP contribution in [0.4, 0.5) is 0 Å². The molecule has 5 heteroatoms. The van der Waals surface area contributed by atoms with E-state index in [-0.39, 0.29) is 0 Å². The zero-order valence-corrected chi connectivity index (χ0v) is 7.28. The first-order chi connectivity index (χ1) is 6.21. The molecular formula is C8H11N5. The third kappa shape index (κ3) is 1.23. The van der Waals surface area contributed by atoms with Crippen LogP contribution in [0.5, 0.6) is 0 Å². The quantitative estimate of drug-likeness (QED) is 0.619. The van der Waals surface area contributed by atoms with Gasteiger partial charge in [-0.1, -0.05) is 0 Å². The Bertz CT molecular complexity index is 323. The average Bonchev–Trinajstić information content (AvgIpc) is 2.78. The van der Waals surface area contributed by atoms with Gasteiger partial charge >= 0.3 is 0 Å². The number of hydrogen-bond acceptors (Lipinski definition) is 3. The highest BCUT2D eigenvalue weighted by Gasteiger charge is 2.28. The lowest BCUT2D eigenvalue weighted by atomic mass is 10.0. The van der Waals surface area contributed by atoms with Crippen molar-refractivity contribution in [1.29, 1.82) is 0 Å². The molecule has 0 aromatic carbocycles. The fourth-order valence-corrected chi connectivity index (χ4v) is 1.21. The highest BCUT2D eigenvalue weighted by molar-refractivity contribution is 5.17. The van der Waals surface area contributed by atoms with Crippen molar-refractivity contribution < 1.29 is 0 Å². The molecule has 68 valence electrons. The number of aromatic nitrogens is 4. The SMILES string of the molecule is CC(N)(c1ncc[nH]1)c1ncc[nH]1. The Morgan fingerprint density at radius 2 is 1.62 bits per heavy atom. The third-order valence-corrected chi connectivity index (χ3v) is 1.98. The fourth-order valence-electron chi connectivity index (χ4n) is 1.21. The third-order valence-electron chi connectivity index (χ3n) is 1.98. The lowest BCUT2D eigenvalue weighted by molar-refractivity contribution is 0.532. The molecule has 0 aliphatic carbocycles. The van der Waals surface area contributed by atoms with E-state index in [1.807, 2.05) is 6.92 Å². The highest BCUT2D eigenvalue weighted by atomic mass is 15.0. The maximum absolute atomic E-state index is 6.06. The predicted octanol–water partition coefficient (Wildman–Crippen LogP) is 0.355. The Morgan fingerprint density at radius 3 is 1.92 bits per heavy atom. The van der Waals surface area contributed by atoms with E-state index in [4.69, 9.17) is 5.73 Å². The molecule has 2 aromatic rings. The minimum atomic E-state index is -0.688. The summed E-state index contributed by atoms with van der Waals surface area (Å²) < 4.78 is 0. The molecule has 0 amide bonds. The first-order valence-electron chi connectivity index (χ1n) is 4.00. The van der Waals surface area contributed by atoms with Crippen molar-refractivity contribution in [2.75, 3.05) is 0 Å². The topological polar surface area (TPSA) is 83.4 Å². The van der Waals surface area contributed by atoms with E-state index in [9.17, 15) is 0 Å². The molecule has 2 aromatic heterocycles. The molecular weight excluding hydrogens is 166 g/mol. The molecule has 0 atom stereocenters. The van der Waals surface area contributed by atoms with Gasteiger partial charge in [0.2, 0.25) is 0 Å². The van der Waals surface area contributed by atoms with Gasteiger partial charge < -0.3 is 15.7 Å². The van der Waals surface area contributed by atoms with Crippen molar-refractivity contribution in [2.45, 2.75) is 12.5 Å². The van der Waals surface area contributed by atoms with Crippen molar-refractivity contribution >= 4 is 0 Å². The second kappa shape index (κ2) is 2.70. The van der Waals surface area contributed by atoms with E-state index in [1.54, 1.807) is 24.8 Å². The number of imidazole rings is 2. The Balaban J connectivity index is 2.42. The van der Waals surface area contributed by atoms with Gasteiger partial charge in [0.15, 0.2) is 0 Å². The lowest BCUT2D eigenvalue weighted by Crippen LogP contribution is -2.36. The van der Waals surface area contributed by atoms with Crippen LogP contribution in [0.15, 0.2) is 24.8 Å². The monoisotopic (exact) mass is 177 g/mol. The molecule has 0 saturated heterocycles. The number of H-pyrrole nitrogens is 2. The largest absolute Gasteiger partial charge is 0.347 e.